The van der Waals surface area contributed by atoms with Gasteiger partial charge in [0.25, 0.3) is 0 Å². The Morgan fingerprint density at radius 2 is 1.73 bits per heavy atom. The SMILES string of the molecule is CC[C@H](C)Cn1c([C@H](O)c2ccccc2)nc2ccccc21. The average molecular weight is 294 g/mol. The van der Waals surface area contributed by atoms with Gasteiger partial charge in [-0.1, -0.05) is 62.7 Å². The number of para-hydroxylation sites is 2. The summed E-state index contributed by atoms with van der Waals surface area (Å²) in [7, 11) is 0. The van der Waals surface area contributed by atoms with Crippen molar-refractivity contribution in [3.8, 4) is 0 Å². The molecule has 0 spiro atoms. The largest absolute Gasteiger partial charge is 0.380 e. The molecule has 3 nitrogen and oxygen atoms in total. The van der Waals surface area contributed by atoms with Crippen LogP contribution in [0.1, 0.15) is 37.8 Å². The third-order valence-electron chi connectivity index (χ3n) is 4.24. The van der Waals surface area contributed by atoms with Crippen LogP contribution in [0.2, 0.25) is 0 Å². The number of nitrogens with zero attached hydrogens (tertiary/aromatic N) is 2. The molecule has 0 amide bonds. The van der Waals surface area contributed by atoms with E-state index in [2.05, 4.69) is 29.5 Å². The number of hydrogen-bond donors (Lipinski definition) is 1. The Labute approximate surface area is 131 Å². The van der Waals surface area contributed by atoms with Crippen LogP contribution in [0.5, 0.6) is 0 Å². The van der Waals surface area contributed by atoms with Crippen molar-refractivity contribution >= 4 is 11.0 Å². The lowest BCUT2D eigenvalue weighted by Gasteiger charge is -2.17. The number of imidazole rings is 1. The maximum Gasteiger partial charge on any atom is 0.143 e. The molecule has 0 aliphatic rings. The van der Waals surface area contributed by atoms with E-state index in [1.807, 2.05) is 48.5 Å². The van der Waals surface area contributed by atoms with Crippen LogP contribution in [0.4, 0.5) is 0 Å². The van der Waals surface area contributed by atoms with Crippen LogP contribution in [-0.2, 0) is 6.54 Å². The van der Waals surface area contributed by atoms with Gasteiger partial charge in [-0.2, -0.15) is 0 Å². The van der Waals surface area contributed by atoms with Crippen LogP contribution in [-0.4, -0.2) is 14.7 Å². The summed E-state index contributed by atoms with van der Waals surface area (Å²) in [6.45, 7) is 5.29. The van der Waals surface area contributed by atoms with E-state index in [9.17, 15) is 5.11 Å². The standard InChI is InChI=1S/C19H22N2O/c1-3-14(2)13-21-17-12-8-7-11-16(17)20-19(21)18(22)15-9-5-4-6-10-15/h4-12,14,18,22H,3,13H2,1-2H3/t14-,18+/m0/s1. The predicted molar refractivity (Wildman–Crippen MR) is 89.7 cm³/mol. The first-order valence-electron chi connectivity index (χ1n) is 7.89. The summed E-state index contributed by atoms with van der Waals surface area (Å²) in [4.78, 5) is 4.69. The molecule has 0 fully saturated rings. The zero-order valence-corrected chi connectivity index (χ0v) is 13.1. The van der Waals surface area contributed by atoms with Gasteiger partial charge in [-0.05, 0) is 23.6 Å². The lowest BCUT2D eigenvalue weighted by atomic mass is 10.1. The zero-order valence-electron chi connectivity index (χ0n) is 13.1. The summed E-state index contributed by atoms with van der Waals surface area (Å²) < 4.78 is 2.17. The van der Waals surface area contributed by atoms with Gasteiger partial charge in [0.05, 0.1) is 11.0 Å². The molecule has 1 heterocycles. The fourth-order valence-corrected chi connectivity index (χ4v) is 2.72. The van der Waals surface area contributed by atoms with Gasteiger partial charge in [-0.25, -0.2) is 4.98 Å². The molecule has 1 aromatic heterocycles. The highest BCUT2D eigenvalue weighted by Gasteiger charge is 2.20. The minimum Gasteiger partial charge on any atom is -0.380 e. The average Bonchev–Trinajstić information content (AvgIpc) is 2.93. The van der Waals surface area contributed by atoms with Gasteiger partial charge in [0.15, 0.2) is 0 Å². The molecular formula is C19H22N2O. The van der Waals surface area contributed by atoms with Crippen LogP contribution in [0.15, 0.2) is 54.6 Å². The molecule has 0 saturated heterocycles. The first kappa shape index (κ1) is 14.8. The lowest BCUT2D eigenvalue weighted by Crippen LogP contribution is -2.14. The second-order valence-electron chi connectivity index (χ2n) is 5.90. The van der Waals surface area contributed by atoms with Crippen molar-refractivity contribution in [2.24, 2.45) is 5.92 Å². The summed E-state index contributed by atoms with van der Waals surface area (Å²) in [5.74, 6) is 1.27. The summed E-state index contributed by atoms with van der Waals surface area (Å²) in [6.07, 6.45) is 0.408. The number of aromatic nitrogens is 2. The van der Waals surface area contributed by atoms with Gasteiger partial charge in [0.1, 0.15) is 11.9 Å². The van der Waals surface area contributed by atoms with E-state index in [0.29, 0.717) is 5.92 Å². The predicted octanol–water partition coefficient (Wildman–Crippen LogP) is 4.16. The van der Waals surface area contributed by atoms with Crippen LogP contribution < -0.4 is 0 Å². The second-order valence-corrected chi connectivity index (χ2v) is 5.90. The Kier molecular flexibility index (Phi) is 4.25. The fraction of sp³-hybridized carbons (Fsp3) is 0.316. The smallest absolute Gasteiger partial charge is 0.143 e. The molecule has 0 unspecified atom stereocenters. The Hall–Kier alpha value is -2.13. The van der Waals surface area contributed by atoms with Gasteiger partial charge in [-0.3, -0.25) is 0 Å². The number of benzene rings is 2. The molecule has 3 aromatic rings. The van der Waals surface area contributed by atoms with Gasteiger partial charge in [0.2, 0.25) is 0 Å². The number of aliphatic hydroxyl groups is 1. The van der Waals surface area contributed by atoms with Crippen molar-refractivity contribution in [3.63, 3.8) is 0 Å². The molecule has 0 bridgehead atoms. The van der Waals surface area contributed by atoms with E-state index in [0.717, 1.165) is 35.4 Å². The van der Waals surface area contributed by atoms with E-state index in [-0.39, 0.29) is 0 Å². The summed E-state index contributed by atoms with van der Waals surface area (Å²) in [5, 5.41) is 10.8. The summed E-state index contributed by atoms with van der Waals surface area (Å²) in [6, 6.07) is 17.8. The highest BCUT2D eigenvalue weighted by Crippen LogP contribution is 2.26. The molecule has 2 aromatic carbocycles. The van der Waals surface area contributed by atoms with E-state index in [4.69, 9.17) is 0 Å². The van der Waals surface area contributed by atoms with E-state index in [1.54, 1.807) is 0 Å². The molecule has 0 radical (unpaired) electrons. The van der Waals surface area contributed by atoms with Crippen molar-refractivity contribution in [1.29, 1.82) is 0 Å². The number of fused-ring (bicyclic) bond motifs is 1. The van der Waals surface area contributed by atoms with Crippen LogP contribution in [0.3, 0.4) is 0 Å². The van der Waals surface area contributed by atoms with Crippen molar-refractivity contribution in [3.05, 3.63) is 66.0 Å². The molecule has 0 saturated carbocycles. The molecule has 3 rings (SSSR count). The first-order chi connectivity index (χ1) is 10.7. The number of hydrogen-bond acceptors (Lipinski definition) is 2. The highest BCUT2D eigenvalue weighted by molar-refractivity contribution is 5.76. The van der Waals surface area contributed by atoms with Crippen molar-refractivity contribution in [1.82, 2.24) is 9.55 Å². The molecule has 114 valence electrons. The minimum atomic E-state index is -0.697. The van der Waals surface area contributed by atoms with Gasteiger partial charge < -0.3 is 9.67 Å². The van der Waals surface area contributed by atoms with Crippen molar-refractivity contribution in [2.45, 2.75) is 32.9 Å². The second kappa shape index (κ2) is 6.32. The van der Waals surface area contributed by atoms with E-state index < -0.39 is 6.10 Å². The topological polar surface area (TPSA) is 38.0 Å². The molecule has 22 heavy (non-hydrogen) atoms. The third kappa shape index (κ3) is 2.77. The monoisotopic (exact) mass is 294 g/mol. The van der Waals surface area contributed by atoms with E-state index >= 15 is 0 Å². The van der Waals surface area contributed by atoms with Crippen molar-refractivity contribution < 1.29 is 5.11 Å². The molecule has 3 heteroatoms. The van der Waals surface area contributed by atoms with Crippen LogP contribution in [0.25, 0.3) is 11.0 Å². The van der Waals surface area contributed by atoms with Gasteiger partial charge in [0, 0.05) is 6.54 Å². The number of rotatable bonds is 5. The molecule has 1 N–H and O–H groups in total. The van der Waals surface area contributed by atoms with Gasteiger partial charge >= 0.3 is 0 Å². The Bertz CT molecular complexity index is 748. The van der Waals surface area contributed by atoms with Crippen LogP contribution in [0, 0.1) is 5.92 Å². The molecule has 0 aliphatic heterocycles. The summed E-state index contributed by atoms with van der Waals surface area (Å²) in [5.41, 5.74) is 2.91. The minimum absolute atomic E-state index is 0.541. The Morgan fingerprint density at radius 1 is 1.05 bits per heavy atom. The fourth-order valence-electron chi connectivity index (χ4n) is 2.72. The molecule has 0 aliphatic carbocycles. The number of aliphatic hydroxyl groups excluding tert-OH is 1. The Morgan fingerprint density at radius 3 is 2.45 bits per heavy atom. The van der Waals surface area contributed by atoms with Crippen molar-refractivity contribution in [2.75, 3.05) is 0 Å². The van der Waals surface area contributed by atoms with Crippen LogP contribution >= 0.6 is 0 Å². The van der Waals surface area contributed by atoms with E-state index in [1.165, 1.54) is 0 Å². The maximum atomic E-state index is 10.8. The van der Waals surface area contributed by atoms with Gasteiger partial charge in [-0.15, -0.1) is 0 Å². The third-order valence-corrected chi connectivity index (χ3v) is 4.24. The Balaban J connectivity index is 2.09. The molecular weight excluding hydrogens is 272 g/mol. The lowest BCUT2D eigenvalue weighted by molar-refractivity contribution is 0.203. The normalized spacial score (nSPS) is 14.1. The molecule has 2 atom stereocenters. The zero-order chi connectivity index (χ0) is 15.5. The summed E-state index contributed by atoms with van der Waals surface area (Å²) >= 11 is 0. The highest BCUT2D eigenvalue weighted by atomic mass is 16.3. The quantitative estimate of drug-likeness (QED) is 0.767. The first-order valence-corrected chi connectivity index (χ1v) is 7.89. The maximum absolute atomic E-state index is 10.8.